The molecule has 0 aromatic heterocycles. The van der Waals surface area contributed by atoms with Crippen LogP contribution < -0.4 is 0 Å². The van der Waals surface area contributed by atoms with E-state index in [1.807, 2.05) is 19.9 Å². The van der Waals surface area contributed by atoms with Crippen molar-refractivity contribution >= 4 is 0 Å². The summed E-state index contributed by atoms with van der Waals surface area (Å²) in [5.74, 6) is 0. The van der Waals surface area contributed by atoms with Gasteiger partial charge in [-0.1, -0.05) is 73.6 Å². The maximum atomic E-state index is 10.7. The van der Waals surface area contributed by atoms with E-state index in [9.17, 15) is 10.2 Å². The number of hydrogen-bond acceptors (Lipinski definition) is 2. The van der Waals surface area contributed by atoms with Gasteiger partial charge in [-0.15, -0.1) is 0 Å². The molecule has 1 unspecified atom stereocenters. The summed E-state index contributed by atoms with van der Waals surface area (Å²) < 4.78 is 0. The van der Waals surface area contributed by atoms with Gasteiger partial charge in [-0.25, -0.2) is 0 Å². The molecule has 2 heteroatoms. The Bertz CT molecular complexity index is 487. The largest absolute Gasteiger partial charge is 0.396 e. The zero-order chi connectivity index (χ0) is 16.6. The Kier molecular flexibility index (Phi) is 4.97. The van der Waals surface area contributed by atoms with Crippen molar-refractivity contribution in [3.8, 4) is 0 Å². The van der Waals surface area contributed by atoms with Crippen LogP contribution in [0.1, 0.15) is 78.2 Å². The van der Waals surface area contributed by atoms with Gasteiger partial charge in [0.25, 0.3) is 0 Å². The van der Waals surface area contributed by atoms with E-state index in [2.05, 4.69) is 53.7 Å². The number of aliphatic hydroxyl groups is 2. The van der Waals surface area contributed by atoms with Gasteiger partial charge < -0.3 is 10.2 Å². The minimum atomic E-state index is -0.675. The average molecular weight is 292 g/mol. The summed E-state index contributed by atoms with van der Waals surface area (Å²) in [5.41, 5.74) is 2.83. The summed E-state index contributed by atoms with van der Waals surface area (Å²) in [4.78, 5) is 0. The van der Waals surface area contributed by atoms with Crippen molar-refractivity contribution in [2.45, 2.75) is 72.3 Å². The first kappa shape index (κ1) is 18.2. The lowest BCUT2D eigenvalue weighted by Gasteiger charge is -2.34. The molecule has 0 amide bonds. The predicted molar refractivity (Wildman–Crippen MR) is 89.7 cm³/mol. The van der Waals surface area contributed by atoms with E-state index >= 15 is 0 Å². The van der Waals surface area contributed by atoms with Crippen molar-refractivity contribution in [1.82, 2.24) is 0 Å². The highest BCUT2D eigenvalue weighted by Crippen LogP contribution is 2.40. The third-order valence-corrected chi connectivity index (χ3v) is 4.17. The molecule has 0 spiro atoms. The van der Waals surface area contributed by atoms with Crippen molar-refractivity contribution in [3.05, 3.63) is 34.9 Å². The van der Waals surface area contributed by atoms with Gasteiger partial charge >= 0.3 is 0 Å². The smallest absolute Gasteiger partial charge is 0.0865 e. The molecule has 2 nitrogen and oxygen atoms in total. The molecule has 1 atom stereocenters. The standard InChI is InChI=1S/C19H32O2/c1-17(2,3)13-9-10-14(15(11-13)18(4,5)6)16(21)19(7,8)12-20/h9-11,16,20-21H,12H2,1-8H3. The van der Waals surface area contributed by atoms with Gasteiger partial charge in [0.2, 0.25) is 0 Å². The first-order valence-electron chi connectivity index (χ1n) is 7.74. The highest BCUT2D eigenvalue weighted by molar-refractivity contribution is 5.41. The fourth-order valence-electron chi connectivity index (χ4n) is 2.42. The van der Waals surface area contributed by atoms with Crippen molar-refractivity contribution in [1.29, 1.82) is 0 Å². The molecule has 0 fully saturated rings. The lowest BCUT2D eigenvalue weighted by molar-refractivity contribution is 0.00536. The SMILES string of the molecule is CC(C)(C)c1ccc(C(O)C(C)(C)CO)c(C(C)(C)C)c1. The van der Waals surface area contributed by atoms with E-state index < -0.39 is 11.5 Å². The summed E-state index contributed by atoms with van der Waals surface area (Å²) in [6, 6.07) is 6.34. The number of hydrogen-bond donors (Lipinski definition) is 2. The fourth-order valence-corrected chi connectivity index (χ4v) is 2.42. The second kappa shape index (κ2) is 5.73. The molecule has 0 saturated carbocycles. The lowest BCUT2D eigenvalue weighted by Crippen LogP contribution is -2.29. The van der Waals surface area contributed by atoms with Crippen LogP contribution in [0.2, 0.25) is 0 Å². The van der Waals surface area contributed by atoms with Gasteiger partial charge in [0.1, 0.15) is 0 Å². The third kappa shape index (κ3) is 4.08. The molecule has 0 aliphatic heterocycles. The predicted octanol–water partition coefficient (Wildman–Crippen LogP) is 4.33. The summed E-state index contributed by atoms with van der Waals surface area (Å²) in [6.45, 7) is 16.8. The van der Waals surface area contributed by atoms with E-state index in [1.165, 1.54) is 5.56 Å². The van der Waals surface area contributed by atoms with Crippen LogP contribution in [-0.4, -0.2) is 16.8 Å². The van der Waals surface area contributed by atoms with Crippen molar-refractivity contribution in [3.63, 3.8) is 0 Å². The van der Waals surface area contributed by atoms with E-state index in [1.54, 1.807) is 0 Å². The number of benzene rings is 1. The molecule has 0 radical (unpaired) electrons. The monoisotopic (exact) mass is 292 g/mol. The number of rotatable bonds is 3. The Morgan fingerprint density at radius 1 is 0.905 bits per heavy atom. The molecule has 1 aromatic carbocycles. The zero-order valence-electron chi connectivity index (χ0n) is 14.9. The highest BCUT2D eigenvalue weighted by Gasteiger charge is 2.33. The summed E-state index contributed by atoms with van der Waals surface area (Å²) >= 11 is 0. The van der Waals surface area contributed by atoms with Gasteiger partial charge in [0, 0.05) is 5.41 Å². The molecule has 120 valence electrons. The molecule has 1 rings (SSSR count). The minimum Gasteiger partial charge on any atom is -0.396 e. The van der Waals surface area contributed by atoms with Crippen molar-refractivity contribution in [2.75, 3.05) is 6.61 Å². The molecule has 1 aromatic rings. The first-order chi connectivity index (χ1) is 9.30. The van der Waals surface area contributed by atoms with Gasteiger partial charge in [-0.05, 0) is 27.5 Å². The van der Waals surface area contributed by atoms with Crippen LogP contribution in [0.4, 0.5) is 0 Å². The minimum absolute atomic E-state index is 0.0429. The second-order valence-corrected chi connectivity index (χ2v) is 8.85. The van der Waals surface area contributed by atoms with E-state index in [4.69, 9.17) is 0 Å². The molecular weight excluding hydrogens is 260 g/mol. The molecule has 0 saturated heterocycles. The van der Waals surface area contributed by atoms with E-state index in [-0.39, 0.29) is 17.4 Å². The molecular formula is C19H32O2. The molecule has 0 aliphatic carbocycles. The molecule has 21 heavy (non-hydrogen) atoms. The molecule has 0 aliphatic rings. The fraction of sp³-hybridized carbons (Fsp3) is 0.684. The summed E-state index contributed by atoms with van der Waals surface area (Å²) in [5, 5.41) is 20.3. The summed E-state index contributed by atoms with van der Waals surface area (Å²) in [7, 11) is 0. The van der Waals surface area contributed by atoms with Crippen LogP contribution in [0.25, 0.3) is 0 Å². The van der Waals surface area contributed by atoms with Gasteiger partial charge in [0.15, 0.2) is 0 Å². The normalized spacial score (nSPS) is 15.1. The zero-order valence-corrected chi connectivity index (χ0v) is 14.9. The molecule has 2 N–H and O–H groups in total. The quantitative estimate of drug-likeness (QED) is 0.870. The van der Waals surface area contributed by atoms with Crippen LogP contribution >= 0.6 is 0 Å². The van der Waals surface area contributed by atoms with Gasteiger partial charge in [0.05, 0.1) is 12.7 Å². The van der Waals surface area contributed by atoms with E-state index in [0.29, 0.717) is 0 Å². The lowest BCUT2D eigenvalue weighted by atomic mass is 9.74. The van der Waals surface area contributed by atoms with Crippen LogP contribution in [-0.2, 0) is 10.8 Å². The van der Waals surface area contributed by atoms with Gasteiger partial charge in [-0.2, -0.15) is 0 Å². The van der Waals surface area contributed by atoms with Crippen LogP contribution in [0.15, 0.2) is 18.2 Å². The maximum Gasteiger partial charge on any atom is 0.0865 e. The Hall–Kier alpha value is -0.860. The molecule has 0 heterocycles. The Morgan fingerprint density at radius 2 is 1.43 bits per heavy atom. The molecule has 0 bridgehead atoms. The Labute approximate surface area is 130 Å². The van der Waals surface area contributed by atoms with Gasteiger partial charge in [-0.3, -0.25) is 0 Å². The van der Waals surface area contributed by atoms with Crippen molar-refractivity contribution < 1.29 is 10.2 Å². The first-order valence-corrected chi connectivity index (χ1v) is 7.74. The van der Waals surface area contributed by atoms with Crippen LogP contribution in [0, 0.1) is 5.41 Å². The highest BCUT2D eigenvalue weighted by atomic mass is 16.3. The van der Waals surface area contributed by atoms with Crippen molar-refractivity contribution in [2.24, 2.45) is 5.41 Å². The number of aliphatic hydroxyl groups excluding tert-OH is 2. The topological polar surface area (TPSA) is 40.5 Å². The van der Waals surface area contributed by atoms with E-state index in [0.717, 1.165) is 11.1 Å². The van der Waals surface area contributed by atoms with Crippen LogP contribution in [0.3, 0.4) is 0 Å². The Morgan fingerprint density at radius 3 is 1.81 bits per heavy atom. The summed E-state index contributed by atoms with van der Waals surface area (Å²) in [6.07, 6.45) is -0.675. The maximum absolute atomic E-state index is 10.7. The third-order valence-electron chi connectivity index (χ3n) is 4.17. The van der Waals surface area contributed by atoms with Crippen LogP contribution in [0.5, 0.6) is 0 Å². The Balaban J connectivity index is 3.47. The average Bonchev–Trinajstić information content (AvgIpc) is 2.35. The second-order valence-electron chi connectivity index (χ2n) is 8.85.